The highest BCUT2D eigenvalue weighted by Crippen LogP contribution is 2.10. The maximum atomic E-state index is 11.7. The van der Waals surface area contributed by atoms with Gasteiger partial charge in [-0.3, -0.25) is 4.79 Å². The Labute approximate surface area is 113 Å². The topological polar surface area (TPSA) is 92.2 Å². The molecule has 0 saturated heterocycles. The highest BCUT2D eigenvalue weighted by atomic mass is 32.1. The van der Waals surface area contributed by atoms with Gasteiger partial charge >= 0.3 is 5.97 Å². The standard InChI is InChI=1S/C12H11N3O3S/c1-7-14-9(6-19-7)4-11(16)15-10-3-2-8(5-13-10)12(17)18/h2-3,5-6H,4H2,1H3,(H,17,18)(H,13,15,16). The van der Waals surface area contributed by atoms with Crippen LogP contribution in [0.1, 0.15) is 21.1 Å². The van der Waals surface area contributed by atoms with Gasteiger partial charge in [0.2, 0.25) is 5.91 Å². The normalized spacial score (nSPS) is 10.2. The van der Waals surface area contributed by atoms with Gasteiger partial charge in [-0.25, -0.2) is 14.8 Å². The molecule has 2 N–H and O–H groups in total. The van der Waals surface area contributed by atoms with Crippen molar-refractivity contribution in [3.63, 3.8) is 0 Å². The van der Waals surface area contributed by atoms with Crippen LogP contribution in [0.15, 0.2) is 23.7 Å². The van der Waals surface area contributed by atoms with Crippen molar-refractivity contribution >= 4 is 29.0 Å². The van der Waals surface area contributed by atoms with Crippen LogP contribution in [0.2, 0.25) is 0 Å². The van der Waals surface area contributed by atoms with Crippen LogP contribution in [0, 0.1) is 6.92 Å². The van der Waals surface area contributed by atoms with Crippen molar-refractivity contribution in [1.82, 2.24) is 9.97 Å². The SMILES string of the molecule is Cc1nc(CC(=O)Nc2ccc(C(=O)O)cn2)cs1. The molecule has 7 heteroatoms. The molecular weight excluding hydrogens is 266 g/mol. The number of aromatic carboxylic acids is 1. The van der Waals surface area contributed by atoms with Crippen molar-refractivity contribution in [2.24, 2.45) is 0 Å². The summed E-state index contributed by atoms with van der Waals surface area (Å²) in [6, 6.07) is 2.84. The molecule has 0 atom stereocenters. The number of hydrogen-bond acceptors (Lipinski definition) is 5. The summed E-state index contributed by atoms with van der Waals surface area (Å²) in [5.41, 5.74) is 0.787. The van der Waals surface area contributed by atoms with Crippen LogP contribution in [0.25, 0.3) is 0 Å². The van der Waals surface area contributed by atoms with Crippen LogP contribution in [-0.4, -0.2) is 27.0 Å². The number of carbonyl (C=O) groups excluding carboxylic acids is 1. The fraction of sp³-hybridized carbons (Fsp3) is 0.167. The maximum Gasteiger partial charge on any atom is 0.337 e. The van der Waals surface area contributed by atoms with E-state index in [1.165, 1.54) is 29.7 Å². The molecule has 19 heavy (non-hydrogen) atoms. The summed E-state index contributed by atoms with van der Waals surface area (Å²) in [6.45, 7) is 1.87. The third-order valence-electron chi connectivity index (χ3n) is 2.29. The van der Waals surface area contributed by atoms with Gasteiger partial charge in [0.05, 0.1) is 22.7 Å². The molecule has 0 aliphatic carbocycles. The second-order valence-corrected chi connectivity index (χ2v) is 4.88. The van der Waals surface area contributed by atoms with E-state index in [0.717, 1.165) is 5.01 Å². The second kappa shape index (κ2) is 5.57. The van der Waals surface area contributed by atoms with Crippen molar-refractivity contribution < 1.29 is 14.7 Å². The van der Waals surface area contributed by atoms with Gasteiger partial charge < -0.3 is 10.4 Å². The highest BCUT2D eigenvalue weighted by molar-refractivity contribution is 7.09. The van der Waals surface area contributed by atoms with Crippen LogP contribution in [0.3, 0.4) is 0 Å². The number of carbonyl (C=O) groups is 2. The van der Waals surface area contributed by atoms with Crippen molar-refractivity contribution in [3.05, 3.63) is 40.0 Å². The van der Waals surface area contributed by atoms with E-state index in [1.807, 2.05) is 12.3 Å². The number of nitrogens with zero attached hydrogens (tertiary/aromatic N) is 2. The van der Waals surface area contributed by atoms with E-state index in [4.69, 9.17) is 5.11 Å². The van der Waals surface area contributed by atoms with E-state index in [1.54, 1.807) is 0 Å². The zero-order valence-corrected chi connectivity index (χ0v) is 10.9. The molecule has 2 aromatic heterocycles. The zero-order chi connectivity index (χ0) is 13.8. The van der Waals surface area contributed by atoms with Gasteiger partial charge in [0, 0.05) is 11.6 Å². The van der Waals surface area contributed by atoms with Crippen LogP contribution in [0.5, 0.6) is 0 Å². The first kappa shape index (κ1) is 13.2. The quantitative estimate of drug-likeness (QED) is 0.887. The van der Waals surface area contributed by atoms with Crippen LogP contribution in [0.4, 0.5) is 5.82 Å². The van der Waals surface area contributed by atoms with Gasteiger partial charge in [-0.15, -0.1) is 11.3 Å². The molecule has 2 aromatic rings. The van der Waals surface area contributed by atoms with E-state index < -0.39 is 5.97 Å². The predicted molar refractivity (Wildman–Crippen MR) is 70.4 cm³/mol. The van der Waals surface area contributed by atoms with Gasteiger partial charge in [0.15, 0.2) is 0 Å². The van der Waals surface area contributed by atoms with Crippen molar-refractivity contribution in [1.29, 1.82) is 0 Å². The number of aromatic nitrogens is 2. The Kier molecular flexibility index (Phi) is 3.86. The fourth-order valence-electron chi connectivity index (χ4n) is 1.44. The number of carboxylic acids is 1. The first-order chi connectivity index (χ1) is 9.04. The third kappa shape index (κ3) is 3.59. The lowest BCUT2D eigenvalue weighted by Crippen LogP contribution is -2.15. The molecule has 2 rings (SSSR count). The molecule has 0 aliphatic heterocycles. The van der Waals surface area contributed by atoms with Crippen LogP contribution < -0.4 is 5.32 Å². The Morgan fingerprint density at radius 3 is 2.74 bits per heavy atom. The molecule has 0 radical (unpaired) electrons. The van der Waals surface area contributed by atoms with E-state index in [-0.39, 0.29) is 17.9 Å². The van der Waals surface area contributed by atoms with Crippen LogP contribution >= 0.6 is 11.3 Å². The number of rotatable bonds is 4. The lowest BCUT2D eigenvalue weighted by Gasteiger charge is -2.03. The lowest BCUT2D eigenvalue weighted by molar-refractivity contribution is -0.115. The molecule has 0 unspecified atom stereocenters. The zero-order valence-electron chi connectivity index (χ0n) is 10.1. The van der Waals surface area contributed by atoms with Crippen molar-refractivity contribution in [2.75, 3.05) is 5.32 Å². The monoisotopic (exact) mass is 277 g/mol. The number of aryl methyl sites for hydroxylation is 1. The van der Waals surface area contributed by atoms with Gasteiger partial charge in [-0.2, -0.15) is 0 Å². The smallest absolute Gasteiger partial charge is 0.337 e. The highest BCUT2D eigenvalue weighted by Gasteiger charge is 2.08. The molecule has 2 heterocycles. The minimum Gasteiger partial charge on any atom is -0.478 e. The summed E-state index contributed by atoms with van der Waals surface area (Å²) in [6.07, 6.45) is 1.37. The molecule has 0 aliphatic rings. The molecule has 0 fully saturated rings. The van der Waals surface area contributed by atoms with Crippen molar-refractivity contribution in [2.45, 2.75) is 13.3 Å². The maximum absolute atomic E-state index is 11.7. The summed E-state index contributed by atoms with van der Waals surface area (Å²) in [4.78, 5) is 30.4. The summed E-state index contributed by atoms with van der Waals surface area (Å²) in [5.74, 6) is -0.967. The van der Waals surface area contributed by atoms with Crippen LogP contribution in [-0.2, 0) is 11.2 Å². The molecule has 0 bridgehead atoms. The Hall–Kier alpha value is -2.28. The average Bonchev–Trinajstić information content (AvgIpc) is 2.75. The molecule has 98 valence electrons. The number of anilines is 1. The fourth-order valence-corrected chi connectivity index (χ4v) is 2.05. The van der Waals surface area contributed by atoms with E-state index in [0.29, 0.717) is 11.5 Å². The molecule has 6 nitrogen and oxygen atoms in total. The molecule has 0 aromatic carbocycles. The number of nitrogens with one attached hydrogen (secondary N) is 1. The Morgan fingerprint density at radius 1 is 1.42 bits per heavy atom. The average molecular weight is 277 g/mol. The lowest BCUT2D eigenvalue weighted by atomic mass is 10.3. The Balaban J connectivity index is 1.97. The molecule has 1 amide bonds. The van der Waals surface area contributed by atoms with E-state index in [2.05, 4.69) is 15.3 Å². The number of pyridine rings is 1. The number of amides is 1. The summed E-state index contributed by atoms with van der Waals surface area (Å²) < 4.78 is 0. The van der Waals surface area contributed by atoms with Gasteiger partial charge in [-0.1, -0.05) is 0 Å². The number of hydrogen-bond donors (Lipinski definition) is 2. The molecule has 0 spiro atoms. The summed E-state index contributed by atoms with van der Waals surface area (Å²) in [7, 11) is 0. The minimum atomic E-state index is -1.05. The van der Waals surface area contributed by atoms with Gasteiger partial charge in [0.25, 0.3) is 0 Å². The van der Waals surface area contributed by atoms with E-state index in [9.17, 15) is 9.59 Å². The molecule has 0 saturated carbocycles. The predicted octanol–water partition coefficient (Wildman–Crippen LogP) is 1.73. The number of carboxylic acid groups (broad SMARTS) is 1. The molecular formula is C12H11N3O3S. The van der Waals surface area contributed by atoms with E-state index >= 15 is 0 Å². The third-order valence-corrected chi connectivity index (χ3v) is 3.11. The Bertz CT molecular complexity index is 607. The summed E-state index contributed by atoms with van der Waals surface area (Å²) >= 11 is 1.49. The summed E-state index contributed by atoms with van der Waals surface area (Å²) in [5, 5.41) is 14.0. The van der Waals surface area contributed by atoms with Gasteiger partial charge in [0.1, 0.15) is 5.82 Å². The second-order valence-electron chi connectivity index (χ2n) is 3.82. The minimum absolute atomic E-state index is 0.0770. The van der Waals surface area contributed by atoms with Crippen molar-refractivity contribution in [3.8, 4) is 0 Å². The first-order valence-corrected chi connectivity index (χ1v) is 6.33. The largest absolute Gasteiger partial charge is 0.478 e. The first-order valence-electron chi connectivity index (χ1n) is 5.45. The Morgan fingerprint density at radius 2 is 2.21 bits per heavy atom. The number of thiazole rings is 1. The van der Waals surface area contributed by atoms with Gasteiger partial charge in [-0.05, 0) is 19.1 Å².